The highest BCUT2D eigenvalue weighted by Crippen LogP contribution is 2.51. The number of nitro groups is 1. The van der Waals surface area contributed by atoms with Crippen LogP contribution in [0.25, 0.3) is 10.9 Å². The third-order valence-electron chi connectivity index (χ3n) is 9.85. The van der Waals surface area contributed by atoms with E-state index in [0.717, 1.165) is 31.2 Å². The fraction of sp³-hybridized carbons (Fsp3) is 0.406. The molecule has 6 atom stereocenters. The lowest BCUT2D eigenvalue weighted by molar-refractivity contribution is -0.383. The standard InChI is InChI=1S/C32H31N5O9S/c1-32(2)26(31(43)44)36-29(42)23(30(36)47-32)34-28(41)22(14-7-9-15(38)10-8-14)33-27(40)18-13-35-19-6-4-3-5-16(19)17-11-12-20(37(45)46)21(24(17)35)25(18)39/h7-13,16,19,22-23,26,30,38H,3-6H2,1-2H3,(H,33,40)(H,34,41)(H,43,44). The molecule has 1 aliphatic carbocycles. The van der Waals surface area contributed by atoms with Crippen LogP contribution in [0.1, 0.15) is 79.0 Å². The van der Waals surface area contributed by atoms with Crippen molar-refractivity contribution >= 4 is 52.0 Å². The predicted octanol–water partition coefficient (Wildman–Crippen LogP) is 2.93. The summed E-state index contributed by atoms with van der Waals surface area (Å²) in [5.74, 6) is -3.53. The summed E-state index contributed by atoms with van der Waals surface area (Å²) in [6, 6.07) is 4.75. The van der Waals surface area contributed by atoms with Crippen LogP contribution in [0.4, 0.5) is 5.69 Å². The fourth-order valence-electron chi connectivity index (χ4n) is 7.74. The number of nitrogens with one attached hydrogen (secondary N) is 2. The molecule has 0 bridgehead atoms. The zero-order valence-corrected chi connectivity index (χ0v) is 26.2. The molecule has 4 N–H and O–H groups in total. The Morgan fingerprint density at radius 1 is 1.09 bits per heavy atom. The molecule has 6 unspecified atom stereocenters. The van der Waals surface area contributed by atoms with Crippen molar-refractivity contribution in [3.8, 4) is 5.75 Å². The quantitative estimate of drug-likeness (QED) is 0.166. The van der Waals surface area contributed by atoms with Crippen LogP contribution in [0, 0.1) is 10.1 Å². The molecule has 4 heterocycles. The Labute approximate surface area is 271 Å². The minimum Gasteiger partial charge on any atom is -0.508 e. The molecule has 0 spiro atoms. The van der Waals surface area contributed by atoms with E-state index >= 15 is 0 Å². The monoisotopic (exact) mass is 661 g/mol. The molecular formula is C32H31N5O9S. The Hall–Kier alpha value is -4.92. The average molecular weight is 662 g/mol. The van der Waals surface area contributed by atoms with Gasteiger partial charge in [0, 0.05) is 29.0 Å². The SMILES string of the molecule is CC1(C)SC2C(NC(=O)C(NC(=O)c3cn4c5c(ccc([N+](=O)[O-])c5c3=O)C3CCCCC34)c3ccc(O)cc3)C(=O)N2C1C(=O)O. The van der Waals surface area contributed by atoms with Gasteiger partial charge < -0.3 is 30.3 Å². The number of thioether (sulfide) groups is 1. The van der Waals surface area contributed by atoms with Gasteiger partial charge in [-0.15, -0.1) is 11.8 Å². The van der Waals surface area contributed by atoms with Gasteiger partial charge in [0.25, 0.3) is 11.6 Å². The minimum atomic E-state index is -1.45. The average Bonchev–Trinajstić information content (AvgIpc) is 3.49. The van der Waals surface area contributed by atoms with Crippen LogP contribution in [0.3, 0.4) is 0 Å². The zero-order chi connectivity index (χ0) is 33.5. The number of carbonyl (C=O) groups excluding carboxylic acids is 3. The maximum absolute atomic E-state index is 13.9. The van der Waals surface area contributed by atoms with Crippen molar-refractivity contribution in [2.24, 2.45) is 0 Å². The number of pyridine rings is 1. The van der Waals surface area contributed by atoms with Crippen LogP contribution >= 0.6 is 11.8 Å². The lowest BCUT2D eigenvalue weighted by atomic mass is 9.82. The minimum absolute atomic E-state index is 0.0547. The van der Waals surface area contributed by atoms with E-state index in [2.05, 4.69) is 10.6 Å². The number of carbonyl (C=O) groups is 4. The van der Waals surface area contributed by atoms with Gasteiger partial charge in [0.2, 0.25) is 17.2 Å². The number of fused-ring (bicyclic) bond motifs is 4. The molecule has 14 nitrogen and oxygen atoms in total. The third-order valence-corrected chi connectivity index (χ3v) is 11.4. The molecule has 1 aromatic heterocycles. The van der Waals surface area contributed by atoms with Crippen LogP contribution in [-0.4, -0.2) is 70.5 Å². The van der Waals surface area contributed by atoms with Gasteiger partial charge in [0.05, 0.1) is 10.4 Å². The maximum atomic E-state index is 13.9. The van der Waals surface area contributed by atoms with Crippen LogP contribution < -0.4 is 16.1 Å². The summed E-state index contributed by atoms with van der Waals surface area (Å²) in [6.45, 7) is 3.41. The van der Waals surface area contributed by atoms with E-state index in [4.69, 9.17) is 0 Å². The number of phenolic OH excluding ortho intramolecular Hbond substituents is 1. The number of aromatic nitrogens is 1. The summed E-state index contributed by atoms with van der Waals surface area (Å²) in [6.07, 6.45) is 4.95. The van der Waals surface area contributed by atoms with Crippen molar-refractivity contribution in [1.29, 1.82) is 0 Å². The second kappa shape index (κ2) is 10.8. The van der Waals surface area contributed by atoms with Crippen LogP contribution in [0.15, 0.2) is 47.4 Å². The summed E-state index contributed by atoms with van der Waals surface area (Å²) in [5.41, 5.74) is -0.0866. The molecule has 244 valence electrons. The van der Waals surface area contributed by atoms with Gasteiger partial charge in [-0.2, -0.15) is 0 Å². The highest BCUT2D eigenvalue weighted by molar-refractivity contribution is 8.01. The number of hydrogen-bond acceptors (Lipinski definition) is 9. The molecule has 3 aromatic rings. The summed E-state index contributed by atoms with van der Waals surface area (Å²) in [4.78, 5) is 79.3. The Bertz CT molecular complexity index is 1960. The number of β-lactam (4-membered cyclic amide) rings is 1. The van der Waals surface area contributed by atoms with Gasteiger partial charge in [0.15, 0.2) is 0 Å². The summed E-state index contributed by atoms with van der Waals surface area (Å²) >= 11 is 1.24. The van der Waals surface area contributed by atoms with Gasteiger partial charge in [-0.1, -0.05) is 25.0 Å². The van der Waals surface area contributed by atoms with Gasteiger partial charge in [0.1, 0.15) is 40.2 Å². The Kier molecular flexibility index (Phi) is 7.07. The molecule has 0 radical (unpaired) electrons. The molecule has 1 saturated carbocycles. The lowest BCUT2D eigenvalue weighted by Crippen LogP contribution is -2.71. The van der Waals surface area contributed by atoms with E-state index in [1.54, 1.807) is 24.5 Å². The fourth-order valence-corrected chi connectivity index (χ4v) is 9.36. The van der Waals surface area contributed by atoms with Gasteiger partial charge >= 0.3 is 5.97 Å². The molecule has 15 heteroatoms. The summed E-state index contributed by atoms with van der Waals surface area (Å²) < 4.78 is 0.975. The smallest absolute Gasteiger partial charge is 0.327 e. The van der Waals surface area contributed by atoms with Crippen molar-refractivity contribution in [3.05, 3.63) is 79.6 Å². The molecule has 3 aliphatic heterocycles. The van der Waals surface area contributed by atoms with Crippen molar-refractivity contribution in [2.75, 3.05) is 0 Å². The first kappa shape index (κ1) is 30.7. The van der Waals surface area contributed by atoms with Crippen molar-refractivity contribution in [1.82, 2.24) is 20.1 Å². The van der Waals surface area contributed by atoms with Gasteiger partial charge in [-0.3, -0.25) is 29.3 Å². The summed E-state index contributed by atoms with van der Waals surface area (Å²) in [5, 5.41) is 36.1. The molecule has 3 fully saturated rings. The molecule has 47 heavy (non-hydrogen) atoms. The first-order valence-electron chi connectivity index (χ1n) is 15.3. The first-order valence-corrected chi connectivity index (χ1v) is 16.2. The number of aromatic hydroxyl groups is 1. The van der Waals surface area contributed by atoms with Crippen LogP contribution in [0.2, 0.25) is 0 Å². The number of aliphatic carboxylic acids is 1. The molecule has 4 aliphatic rings. The van der Waals surface area contributed by atoms with Crippen molar-refractivity contribution < 1.29 is 34.3 Å². The predicted molar refractivity (Wildman–Crippen MR) is 169 cm³/mol. The first-order chi connectivity index (χ1) is 22.3. The molecule has 2 saturated heterocycles. The normalized spacial score (nSPS) is 25.8. The number of amides is 3. The third kappa shape index (κ3) is 4.66. The number of carboxylic acids is 1. The molecule has 2 aromatic carbocycles. The number of rotatable bonds is 7. The Morgan fingerprint density at radius 2 is 1.79 bits per heavy atom. The van der Waals surface area contributed by atoms with E-state index in [0.29, 0.717) is 5.52 Å². The van der Waals surface area contributed by atoms with Gasteiger partial charge in [-0.05, 0) is 56.0 Å². The second-order valence-corrected chi connectivity index (χ2v) is 14.7. The number of nitrogens with zero attached hydrogens (tertiary/aromatic N) is 3. The number of hydrogen-bond donors (Lipinski definition) is 4. The van der Waals surface area contributed by atoms with E-state index in [9.17, 15) is 44.3 Å². The zero-order valence-electron chi connectivity index (χ0n) is 25.3. The Balaban J connectivity index is 1.24. The highest BCUT2D eigenvalue weighted by atomic mass is 32.2. The number of nitro benzene ring substituents is 1. The number of carboxylic acid groups (broad SMARTS) is 1. The van der Waals surface area contributed by atoms with Crippen LogP contribution in [-0.2, 0) is 14.4 Å². The second-order valence-electron chi connectivity index (χ2n) is 13.0. The number of phenols is 1. The molecular weight excluding hydrogens is 630 g/mol. The van der Waals surface area contributed by atoms with E-state index in [1.165, 1.54) is 53.2 Å². The van der Waals surface area contributed by atoms with E-state index in [-0.39, 0.29) is 34.2 Å². The maximum Gasteiger partial charge on any atom is 0.327 e. The van der Waals surface area contributed by atoms with E-state index < -0.39 is 68.0 Å². The summed E-state index contributed by atoms with van der Waals surface area (Å²) in [7, 11) is 0. The van der Waals surface area contributed by atoms with Gasteiger partial charge in [-0.25, -0.2) is 4.79 Å². The highest BCUT2D eigenvalue weighted by Gasteiger charge is 2.64. The largest absolute Gasteiger partial charge is 0.508 e. The number of non-ortho nitro benzene ring substituents is 1. The molecule has 3 amide bonds. The van der Waals surface area contributed by atoms with Crippen molar-refractivity contribution in [2.45, 2.75) is 79.7 Å². The van der Waals surface area contributed by atoms with E-state index in [1.807, 2.05) is 0 Å². The Morgan fingerprint density at radius 3 is 2.47 bits per heavy atom. The number of benzene rings is 2. The lowest BCUT2D eigenvalue weighted by Gasteiger charge is -2.44. The van der Waals surface area contributed by atoms with Crippen molar-refractivity contribution in [3.63, 3.8) is 0 Å². The molecule has 7 rings (SSSR count). The van der Waals surface area contributed by atoms with Crippen LogP contribution in [0.5, 0.6) is 5.75 Å². The topological polar surface area (TPSA) is 201 Å².